The van der Waals surface area contributed by atoms with E-state index in [0.29, 0.717) is 28.0 Å². The van der Waals surface area contributed by atoms with Crippen molar-refractivity contribution in [1.29, 1.82) is 5.26 Å². The number of anilines is 1. The van der Waals surface area contributed by atoms with E-state index in [0.717, 1.165) is 4.68 Å². The molecular formula is C27H23N5O7. The zero-order valence-corrected chi connectivity index (χ0v) is 20.9. The molecule has 0 bridgehead atoms. The third kappa shape index (κ3) is 5.32. The molecule has 3 N–H and O–H groups in total. The van der Waals surface area contributed by atoms with Crippen molar-refractivity contribution in [1.82, 2.24) is 9.78 Å². The van der Waals surface area contributed by atoms with Gasteiger partial charge in [0, 0.05) is 17.0 Å². The van der Waals surface area contributed by atoms with Gasteiger partial charge in [-0.05, 0) is 49.2 Å². The number of benzene rings is 3. The molecule has 39 heavy (non-hydrogen) atoms. The number of aliphatic imine (C=N–C) groups is 1. The molecule has 12 nitrogen and oxygen atoms in total. The van der Waals surface area contributed by atoms with Gasteiger partial charge in [0.15, 0.2) is 0 Å². The van der Waals surface area contributed by atoms with Gasteiger partial charge in [0.2, 0.25) is 0 Å². The monoisotopic (exact) mass is 529 g/mol. The number of carbonyl (C=O) groups excluding carboxylic acids is 1. The van der Waals surface area contributed by atoms with Crippen molar-refractivity contribution in [2.24, 2.45) is 4.99 Å². The molecular weight excluding hydrogens is 506 g/mol. The number of rotatable bonds is 8. The molecule has 1 heterocycles. The third-order valence-corrected chi connectivity index (χ3v) is 5.86. The highest BCUT2D eigenvalue weighted by Crippen LogP contribution is 2.33. The Labute approximate surface area is 221 Å². The first-order chi connectivity index (χ1) is 18.6. The molecule has 12 heteroatoms. The maximum atomic E-state index is 13.4. The van der Waals surface area contributed by atoms with Gasteiger partial charge < -0.3 is 24.8 Å². The van der Waals surface area contributed by atoms with E-state index in [1.165, 1.54) is 38.5 Å². The molecule has 3 aromatic carbocycles. The number of hydrogen-bond acceptors (Lipinski definition) is 10. The second-order valence-electron chi connectivity index (χ2n) is 8.26. The Hall–Kier alpha value is -5.09. The molecule has 0 saturated heterocycles. The maximum absolute atomic E-state index is 13.4. The smallest absolute Gasteiger partial charge is 0.376 e. The lowest BCUT2D eigenvalue weighted by molar-refractivity contribution is -0.306. The van der Waals surface area contributed by atoms with Crippen LogP contribution in [0.4, 0.5) is 11.4 Å². The third-order valence-electron chi connectivity index (χ3n) is 5.86. The topological polar surface area (TPSA) is 170 Å². The number of ether oxygens (including phenoxy) is 2. The number of nitriles is 1. The number of fused-ring (bicyclic) bond motifs is 1. The Morgan fingerprint density at radius 2 is 1.87 bits per heavy atom. The van der Waals surface area contributed by atoms with E-state index >= 15 is 0 Å². The largest absolute Gasteiger partial charge is 0.497 e. The lowest BCUT2D eigenvalue weighted by Gasteiger charge is -2.30. The van der Waals surface area contributed by atoms with Gasteiger partial charge in [-0.15, -0.1) is 0 Å². The highest BCUT2D eigenvalue weighted by Gasteiger charge is 2.36. The summed E-state index contributed by atoms with van der Waals surface area (Å²) in [4.78, 5) is 30.8. The summed E-state index contributed by atoms with van der Waals surface area (Å²) in [7, 11) is 2.77. The van der Waals surface area contributed by atoms with E-state index in [1.807, 2.05) is 6.07 Å². The molecule has 198 valence electrons. The Bertz CT molecular complexity index is 1690. The van der Waals surface area contributed by atoms with Gasteiger partial charge in [0.25, 0.3) is 11.5 Å². The van der Waals surface area contributed by atoms with Crippen molar-refractivity contribution in [2.75, 3.05) is 19.1 Å². The Morgan fingerprint density at radius 3 is 2.51 bits per heavy atom. The molecule has 0 aliphatic heterocycles. The number of nitrogens with zero attached hydrogens (tertiary/aromatic N) is 5. The highest BCUT2D eigenvalue weighted by atomic mass is 16.7. The summed E-state index contributed by atoms with van der Waals surface area (Å²) in [6.07, 6.45) is -3.64. The van der Waals surface area contributed by atoms with Crippen LogP contribution in [0.3, 0.4) is 0 Å². The molecule has 4 aromatic rings. The molecule has 0 atom stereocenters. The van der Waals surface area contributed by atoms with E-state index in [4.69, 9.17) is 9.47 Å². The van der Waals surface area contributed by atoms with Crippen LogP contribution in [-0.4, -0.2) is 58.0 Å². The van der Waals surface area contributed by atoms with Gasteiger partial charge in [-0.25, -0.2) is 9.58 Å². The maximum Gasteiger partial charge on any atom is 0.376 e. The molecule has 0 aliphatic rings. The summed E-state index contributed by atoms with van der Waals surface area (Å²) < 4.78 is 11.3. The predicted octanol–water partition coefficient (Wildman–Crippen LogP) is 1.91. The van der Waals surface area contributed by atoms with Gasteiger partial charge in [0.1, 0.15) is 23.7 Å². The van der Waals surface area contributed by atoms with E-state index in [2.05, 4.69) is 16.8 Å². The number of hydrogen-bond donors (Lipinski definition) is 3. The first-order valence-electron chi connectivity index (χ1n) is 11.4. The number of aliphatic hydroxyl groups is 3. The average molecular weight is 530 g/mol. The van der Waals surface area contributed by atoms with Crippen LogP contribution in [-0.2, 0) is 11.3 Å². The summed E-state index contributed by atoms with van der Waals surface area (Å²) in [5.41, 5.74) is 0.594. The minimum Gasteiger partial charge on any atom is -0.497 e. The van der Waals surface area contributed by atoms with Crippen molar-refractivity contribution >= 4 is 34.8 Å². The van der Waals surface area contributed by atoms with Crippen LogP contribution in [0, 0.1) is 11.3 Å². The van der Waals surface area contributed by atoms with E-state index in [-0.39, 0.29) is 27.4 Å². The average Bonchev–Trinajstić information content (AvgIpc) is 2.93. The fourth-order valence-electron chi connectivity index (χ4n) is 4.07. The molecule has 1 amide bonds. The van der Waals surface area contributed by atoms with Crippen LogP contribution in [0.1, 0.15) is 5.56 Å². The number of aromatic nitrogens is 2. The molecule has 0 spiro atoms. The number of carbonyl (C=O) groups is 1. The van der Waals surface area contributed by atoms with Gasteiger partial charge in [-0.3, -0.25) is 14.6 Å². The first kappa shape index (κ1) is 27.0. The number of amides is 1. The van der Waals surface area contributed by atoms with Crippen molar-refractivity contribution in [2.45, 2.75) is 12.6 Å². The van der Waals surface area contributed by atoms with E-state index < -0.39 is 24.1 Å². The zero-order chi connectivity index (χ0) is 28.3. The Morgan fingerprint density at radius 1 is 1.10 bits per heavy atom. The number of methoxy groups -OCH3 is 2. The van der Waals surface area contributed by atoms with Crippen molar-refractivity contribution in [3.63, 3.8) is 0 Å². The van der Waals surface area contributed by atoms with Crippen LogP contribution >= 0.6 is 0 Å². The fraction of sp³-hybridized carbons (Fsp3) is 0.148. The summed E-state index contributed by atoms with van der Waals surface area (Å²) in [6, 6.07) is 17.2. The predicted molar refractivity (Wildman–Crippen MR) is 142 cm³/mol. The molecule has 0 aliphatic carbocycles. The Kier molecular flexibility index (Phi) is 7.41. The minimum atomic E-state index is -3.64. The minimum absolute atomic E-state index is 0.136. The molecule has 0 fully saturated rings. The molecule has 4 rings (SSSR count). The van der Waals surface area contributed by atoms with Crippen LogP contribution in [0.2, 0.25) is 0 Å². The van der Waals surface area contributed by atoms with E-state index in [9.17, 15) is 30.2 Å². The van der Waals surface area contributed by atoms with Crippen molar-refractivity contribution in [3.05, 3.63) is 76.6 Å². The summed E-state index contributed by atoms with van der Waals surface area (Å²) in [6.45, 7) is 2.61. The lowest BCUT2D eigenvalue weighted by Crippen LogP contribution is -2.54. The lowest BCUT2D eigenvalue weighted by atomic mass is 10.0. The van der Waals surface area contributed by atoms with E-state index in [1.54, 1.807) is 36.4 Å². The Balaban J connectivity index is 1.87. The van der Waals surface area contributed by atoms with Crippen LogP contribution < -0.4 is 19.9 Å². The van der Waals surface area contributed by atoms with Crippen molar-refractivity contribution in [3.8, 4) is 28.8 Å². The standard InChI is InChI=1S/C27H23N5O7/c1-29-22-10-7-18(12-23(22)39-3)32(27(35,36)37)24(33)15-31-26(34)21-13-19(38-2)8-9-20(21)25(30-31)17-6-4-5-16(11-17)14-28/h4-13,35-37H,1,15H2,2-3H3. The summed E-state index contributed by atoms with van der Waals surface area (Å²) in [5.74, 6) is -0.583. The fourth-order valence-corrected chi connectivity index (χ4v) is 4.07. The van der Waals surface area contributed by atoms with Crippen LogP contribution in [0.15, 0.2) is 70.5 Å². The van der Waals surface area contributed by atoms with Gasteiger partial charge in [-0.1, -0.05) is 12.1 Å². The molecule has 1 aromatic heterocycles. The highest BCUT2D eigenvalue weighted by molar-refractivity contribution is 5.96. The van der Waals surface area contributed by atoms with Crippen LogP contribution in [0.25, 0.3) is 22.0 Å². The molecule has 0 unspecified atom stereocenters. The second kappa shape index (κ2) is 10.7. The first-order valence-corrected chi connectivity index (χ1v) is 11.4. The van der Waals surface area contributed by atoms with Gasteiger partial charge in [-0.2, -0.15) is 10.4 Å². The summed E-state index contributed by atoms with van der Waals surface area (Å²) >= 11 is 0. The quantitative estimate of drug-likeness (QED) is 0.228. The van der Waals surface area contributed by atoms with Crippen molar-refractivity contribution < 1.29 is 29.6 Å². The molecule has 0 radical (unpaired) electrons. The SMILES string of the molecule is C=Nc1ccc(N(C(=O)Cn2nc(-c3cccc(C#N)c3)c3ccc(OC)cc3c2=O)C(O)(O)O)cc1OC. The summed E-state index contributed by atoms with van der Waals surface area (Å²) in [5, 5.41) is 44.5. The van der Waals surface area contributed by atoms with Crippen LogP contribution in [0.5, 0.6) is 11.5 Å². The normalized spacial score (nSPS) is 11.1. The van der Waals surface area contributed by atoms with Gasteiger partial charge in [0.05, 0.1) is 42.6 Å². The second-order valence-corrected chi connectivity index (χ2v) is 8.26. The van der Waals surface area contributed by atoms with Gasteiger partial charge >= 0.3 is 6.10 Å². The molecule has 0 saturated carbocycles. The zero-order valence-electron chi connectivity index (χ0n) is 20.9.